The molecule has 27 heavy (non-hydrogen) atoms. The van der Waals surface area contributed by atoms with Gasteiger partial charge in [0.1, 0.15) is 6.33 Å². The fraction of sp³-hybridized carbons (Fsp3) is 0.444. The molecule has 0 aliphatic carbocycles. The van der Waals surface area contributed by atoms with Crippen LogP contribution in [0.3, 0.4) is 0 Å². The Hall–Kier alpha value is -2.12. The predicted molar refractivity (Wildman–Crippen MR) is 101 cm³/mol. The third kappa shape index (κ3) is 4.59. The monoisotopic (exact) mass is 411 g/mol. The van der Waals surface area contributed by atoms with Crippen molar-refractivity contribution >= 4 is 46.0 Å². The molecule has 2 heterocycles. The lowest BCUT2D eigenvalue weighted by atomic mass is 9.97. The summed E-state index contributed by atoms with van der Waals surface area (Å²) in [4.78, 5) is 34.1. The largest absolute Gasteiger partial charge is 0.467 e. The molecule has 0 spiro atoms. The van der Waals surface area contributed by atoms with Crippen LogP contribution in [0.2, 0.25) is 10.0 Å². The van der Waals surface area contributed by atoms with Gasteiger partial charge < -0.3 is 14.4 Å². The molecule has 3 rings (SSSR count). The second-order valence-corrected chi connectivity index (χ2v) is 7.00. The summed E-state index contributed by atoms with van der Waals surface area (Å²) < 4.78 is 10.6. The lowest BCUT2D eigenvalue weighted by molar-refractivity contribution is -0.151. The molecular formula is C18H19Cl2N3O4. The molecule has 7 nitrogen and oxygen atoms in total. The van der Waals surface area contributed by atoms with E-state index in [1.807, 2.05) is 0 Å². The van der Waals surface area contributed by atoms with E-state index in [2.05, 4.69) is 9.97 Å². The highest BCUT2D eigenvalue weighted by molar-refractivity contribution is 6.38. The maximum Gasteiger partial charge on any atom is 0.309 e. The van der Waals surface area contributed by atoms with Gasteiger partial charge in [0.05, 0.1) is 28.5 Å². The number of benzene rings is 1. The van der Waals surface area contributed by atoms with Crippen molar-refractivity contribution in [2.24, 2.45) is 5.92 Å². The second kappa shape index (κ2) is 8.71. The molecule has 0 radical (unpaired) electrons. The summed E-state index contributed by atoms with van der Waals surface area (Å²) in [6.07, 6.45) is 2.51. The van der Waals surface area contributed by atoms with Crippen molar-refractivity contribution in [3.05, 3.63) is 28.5 Å². The summed E-state index contributed by atoms with van der Waals surface area (Å²) in [7, 11) is 0. The number of nitrogens with zero attached hydrogens (tertiary/aromatic N) is 3. The molecule has 0 unspecified atom stereocenters. The van der Waals surface area contributed by atoms with Crippen LogP contribution >= 0.6 is 23.2 Å². The number of aromatic nitrogens is 2. The number of esters is 1. The first kappa shape index (κ1) is 19.6. The summed E-state index contributed by atoms with van der Waals surface area (Å²) >= 11 is 12.2. The fourth-order valence-electron chi connectivity index (χ4n) is 3.03. The van der Waals surface area contributed by atoms with E-state index in [1.54, 1.807) is 24.0 Å². The number of ether oxygens (including phenoxy) is 2. The summed E-state index contributed by atoms with van der Waals surface area (Å²) in [6.45, 7) is 2.97. The molecule has 1 saturated heterocycles. The topological polar surface area (TPSA) is 81.6 Å². The van der Waals surface area contributed by atoms with Crippen molar-refractivity contribution in [1.29, 1.82) is 0 Å². The Kier molecular flexibility index (Phi) is 6.34. The maximum atomic E-state index is 12.4. The van der Waals surface area contributed by atoms with E-state index >= 15 is 0 Å². The van der Waals surface area contributed by atoms with Crippen LogP contribution in [0.4, 0.5) is 0 Å². The molecule has 1 aliphatic rings. The van der Waals surface area contributed by atoms with E-state index in [9.17, 15) is 9.59 Å². The Morgan fingerprint density at radius 3 is 2.67 bits per heavy atom. The highest BCUT2D eigenvalue weighted by atomic mass is 35.5. The lowest BCUT2D eigenvalue weighted by Crippen LogP contribution is -2.42. The van der Waals surface area contributed by atoms with E-state index in [1.165, 1.54) is 6.33 Å². The molecule has 1 aliphatic heterocycles. The molecule has 1 aromatic carbocycles. The zero-order valence-corrected chi connectivity index (χ0v) is 16.3. The van der Waals surface area contributed by atoms with E-state index in [0.29, 0.717) is 53.5 Å². The van der Waals surface area contributed by atoms with Crippen molar-refractivity contribution in [3.8, 4) is 5.88 Å². The average molecular weight is 412 g/mol. The number of carbonyl (C=O) groups excluding carboxylic acids is 2. The number of likely N-dealkylation sites (tertiary alicyclic amines) is 1. The molecule has 0 saturated carbocycles. The normalized spacial score (nSPS) is 15.0. The van der Waals surface area contributed by atoms with Crippen molar-refractivity contribution in [2.45, 2.75) is 19.8 Å². The molecule has 144 valence electrons. The molecule has 0 bridgehead atoms. The van der Waals surface area contributed by atoms with Gasteiger partial charge in [-0.1, -0.05) is 23.2 Å². The van der Waals surface area contributed by atoms with Gasteiger partial charge in [0.15, 0.2) is 6.61 Å². The Labute approximate surface area is 166 Å². The summed E-state index contributed by atoms with van der Waals surface area (Å²) in [5, 5.41) is 1.36. The Morgan fingerprint density at radius 1 is 1.22 bits per heavy atom. The van der Waals surface area contributed by atoms with E-state index in [4.69, 9.17) is 32.7 Å². The first-order chi connectivity index (χ1) is 13.0. The van der Waals surface area contributed by atoms with Gasteiger partial charge in [-0.15, -0.1) is 0 Å². The molecule has 2 aromatic rings. The summed E-state index contributed by atoms with van der Waals surface area (Å²) in [5.74, 6) is -0.261. The predicted octanol–water partition coefficient (Wildman–Crippen LogP) is 3.12. The Morgan fingerprint density at radius 2 is 1.96 bits per heavy atom. The number of fused-ring (bicyclic) bond motifs is 1. The first-order valence-corrected chi connectivity index (χ1v) is 9.42. The lowest BCUT2D eigenvalue weighted by Gasteiger charge is -2.30. The number of hydrogen-bond donors (Lipinski definition) is 0. The van der Waals surface area contributed by atoms with E-state index < -0.39 is 0 Å². The third-order valence-electron chi connectivity index (χ3n) is 4.42. The fourth-order valence-corrected chi connectivity index (χ4v) is 3.57. The molecule has 0 N–H and O–H groups in total. The van der Waals surface area contributed by atoms with E-state index in [-0.39, 0.29) is 30.3 Å². The van der Waals surface area contributed by atoms with Crippen LogP contribution in [0.15, 0.2) is 18.5 Å². The summed E-state index contributed by atoms with van der Waals surface area (Å²) in [6, 6.07) is 3.23. The second-order valence-electron chi connectivity index (χ2n) is 6.16. The van der Waals surface area contributed by atoms with Crippen molar-refractivity contribution in [3.63, 3.8) is 0 Å². The van der Waals surface area contributed by atoms with E-state index in [0.717, 1.165) is 0 Å². The van der Waals surface area contributed by atoms with Crippen molar-refractivity contribution < 1.29 is 19.1 Å². The quantitative estimate of drug-likeness (QED) is 0.702. The molecule has 1 amide bonds. The number of amides is 1. The number of hydrogen-bond acceptors (Lipinski definition) is 6. The van der Waals surface area contributed by atoms with Gasteiger partial charge in [0, 0.05) is 18.1 Å². The van der Waals surface area contributed by atoms with Crippen molar-refractivity contribution in [1.82, 2.24) is 14.9 Å². The number of halogens is 2. The molecular weight excluding hydrogens is 393 g/mol. The number of piperidine rings is 1. The highest BCUT2D eigenvalue weighted by Gasteiger charge is 2.28. The smallest absolute Gasteiger partial charge is 0.309 e. The van der Waals surface area contributed by atoms with Gasteiger partial charge in [0.25, 0.3) is 5.91 Å². The molecule has 0 atom stereocenters. The van der Waals surface area contributed by atoms with Gasteiger partial charge in [0.2, 0.25) is 5.88 Å². The third-order valence-corrected chi connectivity index (χ3v) is 4.93. The minimum atomic E-state index is -0.193. The number of rotatable bonds is 5. The standard InChI is InChI=1S/C18H19Cl2N3O4/c1-2-26-18(25)11-3-5-23(6-4-11)15(24)9-27-17-13-7-12(19)8-14(20)16(13)21-10-22-17/h7-8,10-11H,2-6,9H2,1H3. The minimum Gasteiger partial charge on any atom is -0.467 e. The van der Waals surface area contributed by atoms with Crippen LogP contribution in [-0.4, -0.2) is 53.0 Å². The number of carbonyl (C=O) groups is 2. The maximum absolute atomic E-state index is 12.4. The minimum absolute atomic E-state index is 0.148. The van der Waals surface area contributed by atoms with Crippen molar-refractivity contribution in [2.75, 3.05) is 26.3 Å². The van der Waals surface area contributed by atoms with Crippen LogP contribution in [0.1, 0.15) is 19.8 Å². The Bertz CT molecular complexity index is 854. The Balaban J connectivity index is 1.60. The highest BCUT2D eigenvalue weighted by Crippen LogP contribution is 2.30. The van der Waals surface area contributed by atoms with Gasteiger partial charge in [-0.05, 0) is 31.9 Å². The zero-order valence-electron chi connectivity index (χ0n) is 14.8. The first-order valence-electron chi connectivity index (χ1n) is 8.66. The molecule has 1 aromatic heterocycles. The van der Waals surface area contributed by atoms with Crippen LogP contribution in [0, 0.1) is 5.92 Å². The zero-order chi connectivity index (χ0) is 19.4. The van der Waals surface area contributed by atoms with Gasteiger partial charge in [-0.3, -0.25) is 9.59 Å². The van der Waals surface area contributed by atoms with Crippen LogP contribution < -0.4 is 4.74 Å². The van der Waals surface area contributed by atoms with Crippen LogP contribution in [-0.2, 0) is 14.3 Å². The molecule has 1 fully saturated rings. The summed E-state index contributed by atoms with van der Waals surface area (Å²) in [5.41, 5.74) is 0.508. The average Bonchev–Trinajstić information content (AvgIpc) is 2.66. The van der Waals surface area contributed by atoms with Gasteiger partial charge in [-0.2, -0.15) is 0 Å². The van der Waals surface area contributed by atoms with Crippen LogP contribution in [0.25, 0.3) is 10.9 Å². The SMILES string of the molecule is CCOC(=O)C1CCN(C(=O)COc2ncnc3c(Cl)cc(Cl)cc23)CC1. The van der Waals surface area contributed by atoms with Gasteiger partial charge in [-0.25, -0.2) is 9.97 Å². The van der Waals surface area contributed by atoms with Crippen LogP contribution in [0.5, 0.6) is 5.88 Å². The van der Waals surface area contributed by atoms with Gasteiger partial charge >= 0.3 is 5.97 Å². The molecule has 9 heteroatoms.